The summed E-state index contributed by atoms with van der Waals surface area (Å²) in [7, 11) is 1.53. The van der Waals surface area contributed by atoms with Crippen LogP contribution in [-0.4, -0.2) is 16.9 Å². The molecule has 104 valence electrons. The number of halogens is 3. The van der Waals surface area contributed by atoms with Crippen molar-refractivity contribution in [2.45, 2.75) is 13.1 Å². The Kier molecular flexibility index (Phi) is 5.26. The van der Waals surface area contributed by atoms with Crippen LogP contribution in [0.1, 0.15) is 12.1 Å². The van der Waals surface area contributed by atoms with Crippen LogP contribution in [0.4, 0.5) is 8.78 Å². The van der Waals surface area contributed by atoms with Crippen molar-refractivity contribution >= 4 is 12.4 Å². The Morgan fingerprint density at radius 3 is 2.68 bits per heavy atom. The van der Waals surface area contributed by atoms with E-state index in [-0.39, 0.29) is 12.4 Å². The molecule has 0 aliphatic carbocycles. The lowest BCUT2D eigenvalue weighted by Crippen LogP contribution is -1.98. The predicted molar refractivity (Wildman–Crippen MR) is 70.6 cm³/mol. The lowest BCUT2D eigenvalue weighted by Gasteiger charge is -2.08. The van der Waals surface area contributed by atoms with E-state index in [0.29, 0.717) is 28.1 Å². The van der Waals surface area contributed by atoms with Crippen molar-refractivity contribution in [1.82, 2.24) is 9.78 Å². The second kappa shape index (κ2) is 6.49. The van der Waals surface area contributed by atoms with Gasteiger partial charge in [0.1, 0.15) is 5.75 Å². The number of aromatic nitrogens is 2. The fraction of sp³-hybridized carbons (Fsp3) is 0.250. The molecule has 0 aliphatic heterocycles. The summed E-state index contributed by atoms with van der Waals surface area (Å²) in [6.07, 6.45) is 2.66. The Bertz CT molecular complexity index is 546. The molecule has 0 bridgehead atoms. The molecule has 7 heteroatoms. The molecule has 1 heterocycles. The fourth-order valence-corrected chi connectivity index (χ4v) is 1.69. The number of hydrogen-bond acceptors (Lipinski definition) is 3. The van der Waals surface area contributed by atoms with Crippen LogP contribution in [0.25, 0.3) is 11.1 Å². The summed E-state index contributed by atoms with van der Waals surface area (Å²) in [5, 5.41) is 3.60. The van der Waals surface area contributed by atoms with Gasteiger partial charge in [-0.1, -0.05) is 6.07 Å². The monoisotopic (exact) mass is 289 g/mol. The van der Waals surface area contributed by atoms with E-state index in [4.69, 9.17) is 10.5 Å². The smallest absolute Gasteiger partial charge is 0.333 e. The summed E-state index contributed by atoms with van der Waals surface area (Å²) in [6, 6.07) is 5.41. The van der Waals surface area contributed by atoms with Gasteiger partial charge in [-0.2, -0.15) is 13.9 Å². The number of rotatable bonds is 4. The zero-order valence-electron chi connectivity index (χ0n) is 10.2. The molecule has 0 unspecified atom stereocenters. The van der Waals surface area contributed by atoms with Crippen LogP contribution in [-0.2, 0) is 6.54 Å². The first-order chi connectivity index (χ1) is 8.65. The maximum atomic E-state index is 12.5. The third-order valence-corrected chi connectivity index (χ3v) is 2.61. The van der Waals surface area contributed by atoms with Crippen molar-refractivity contribution < 1.29 is 13.5 Å². The average molecular weight is 290 g/mol. The molecule has 0 spiro atoms. The molecule has 2 rings (SSSR count). The molecule has 0 saturated carbocycles. The van der Waals surface area contributed by atoms with Crippen molar-refractivity contribution in [3.8, 4) is 16.9 Å². The van der Waals surface area contributed by atoms with Gasteiger partial charge < -0.3 is 10.5 Å². The van der Waals surface area contributed by atoms with E-state index < -0.39 is 6.55 Å². The maximum absolute atomic E-state index is 12.5. The fourth-order valence-electron chi connectivity index (χ4n) is 1.69. The van der Waals surface area contributed by atoms with Gasteiger partial charge in [0.25, 0.3) is 0 Å². The summed E-state index contributed by atoms with van der Waals surface area (Å²) in [5.74, 6) is 0.598. The molecular formula is C12H14ClF2N3O. The topological polar surface area (TPSA) is 53.1 Å². The van der Waals surface area contributed by atoms with Gasteiger partial charge in [-0.05, 0) is 17.7 Å². The molecule has 0 aliphatic rings. The normalized spacial score (nSPS) is 10.4. The van der Waals surface area contributed by atoms with Gasteiger partial charge in [-0.3, -0.25) is 0 Å². The van der Waals surface area contributed by atoms with Crippen molar-refractivity contribution in [3.63, 3.8) is 0 Å². The molecule has 0 atom stereocenters. The largest absolute Gasteiger partial charge is 0.496 e. The Labute approximate surface area is 115 Å². The highest BCUT2D eigenvalue weighted by Gasteiger charge is 2.12. The summed E-state index contributed by atoms with van der Waals surface area (Å²) < 4.78 is 30.8. The van der Waals surface area contributed by atoms with Crippen LogP contribution in [0, 0.1) is 0 Å². The van der Waals surface area contributed by atoms with E-state index in [1.54, 1.807) is 6.07 Å². The molecule has 19 heavy (non-hydrogen) atoms. The van der Waals surface area contributed by atoms with Crippen molar-refractivity contribution in [1.29, 1.82) is 0 Å². The van der Waals surface area contributed by atoms with Crippen LogP contribution < -0.4 is 10.5 Å². The SMILES string of the molecule is COc1ccc(CN)cc1-c1cnn(C(F)F)c1.Cl. The summed E-state index contributed by atoms with van der Waals surface area (Å²) in [6.45, 7) is -2.28. The minimum absolute atomic E-state index is 0. The molecule has 4 nitrogen and oxygen atoms in total. The van der Waals surface area contributed by atoms with Gasteiger partial charge in [-0.25, -0.2) is 4.68 Å². The van der Waals surface area contributed by atoms with Gasteiger partial charge in [0.05, 0.1) is 13.3 Å². The third-order valence-electron chi connectivity index (χ3n) is 2.61. The van der Waals surface area contributed by atoms with Gasteiger partial charge in [0.2, 0.25) is 0 Å². The molecule has 1 aromatic carbocycles. The van der Waals surface area contributed by atoms with E-state index in [2.05, 4.69) is 5.10 Å². The molecule has 2 aromatic rings. The minimum Gasteiger partial charge on any atom is -0.496 e. The zero-order chi connectivity index (χ0) is 13.1. The number of benzene rings is 1. The molecule has 0 amide bonds. The Morgan fingerprint density at radius 1 is 1.42 bits per heavy atom. The van der Waals surface area contributed by atoms with Gasteiger partial charge >= 0.3 is 6.55 Å². The molecular weight excluding hydrogens is 276 g/mol. The van der Waals surface area contributed by atoms with Crippen molar-refractivity contribution in [2.75, 3.05) is 7.11 Å². The van der Waals surface area contributed by atoms with Crippen LogP contribution in [0.2, 0.25) is 0 Å². The Hall–Kier alpha value is -1.66. The van der Waals surface area contributed by atoms with Gasteiger partial charge in [-0.15, -0.1) is 12.4 Å². The van der Waals surface area contributed by atoms with Crippen molar-refractivity contribution in [3.05, 3.63) is 36.2 Å². The second-order valence-electron chi connectivity index (χ2n) is 3.73. The van der Waals surface area contributed by atoms with Crippen LogP contribution in [0.5, 0.6) is 5.75 Å². The highest BCUT2D eigenvalue weighted by atomic mass is 35.5. The Morgan fingerprint density at radius 2 is 2.16 bits per heavy atom. The molecule has 2 N–H and O–H groups in total. The highest BCUT2D eigenvalue weighted by Crippen LogP contribution is 2.31. The Balaban J connectivity index is 0.00000180. The number of alkyl halides is 2. The second-order valence-corrected chi connectivity index (χ2v) is 3.73. The first-order valence-electron chi connectivity index (χ1n) is 5.35. The number of nitrogens with two attached hydrogens (primary N) is 1. The highest BCUT2D eigenvalue weighted by molar-refractivity contribution is 5.85. The van der Waals surface area contributed by atoms with E-state index in [1.807, 2.05) is 12.1 Å². The standard InChI is InChI=1S/C12H13F2N3O.ClH/c1-18-11-3-2-8(5-15)4-10(11)9-6-16-17(7-9)12(13)14;/h2-4,6-7,12H,5,15H2,1H3;1H. The van der Waals surface area contributed by atoms with E-state index in [0.717, 1.165) is 5.56 Å². The third kappa shape index (κ3) is 3.21. The van der Waals surface area contributed by atoms with Gasteiger partial charge in [0.15, 0.2) is 0 Å². The average Bonchev–Trinajstić information content (AvgIpc) is 2.87. The van der Waals surface area contributed by atoms with E-state index in [9.17, 15) is 8.78 Å². The molecule has 1 aromatic heterocycles. The van der Waals surface area contributed by atoms with Crippen LogP contribution >= 0.6 is 12.4 Å². The quantitative estimate of drug-likeness (QED) is 0.941. The number of nitrogens with zero attached hydrogens (tertiary/aromatic N) is 2. The minimum atomic E-state index is -2.65. The summed E-state index contributed by atoms with van der Waals surface area (Å²) in [4.78, 5) is 0. The van der Waals surface area contributed by atoms with Crippen molar-refractivity contribution in [2.24, 2.45) is 5.73 Å². The number of ether oxygens (including phenoxy) is 1. The first-order valence-corrected chi connectivity index (χ1v) is 5.35. The summed E-state index contributed by atoms with van der Waals surface area (Å²) in [5.41, 5.74) is 7.73. The molecule has 0 fully saturated rings. The number of hydrogen-bond donors (Lipinski definition) is 1. The molecule has 0 saturated heterocycles. The zero-order valence-corrected chi connectivity index (χ0v) is 11.0. The molecule has 0 radical (unpaired) electrons. The predicted octanol–water partition coefficient (Wildman–Crippen LogP) is 2.83. The number of methoxy groups -OCH3 is 1. The van der Waals surface area contributed by atoms with E-state index >= 15 is 0 Å². The maximum Gasteiger partial charge on any atom is 0.333 e. The summed E-state index contributed by atoms with van der Waals surface area (Å²) >= 11 is 0. The van der Waals surface area contributed by atoms with Crippen LogP contribution in [0.15, 0.2) is 30.6 Å². The lowest BCUT2D eigenvalue weighted by atomic mass is 10.0. The van der Waals surface area contributed by atoms with E-state index in [1.165, 1.54) is 19.5 Å². The first kappa shape index (κ1) is 15.4. The lowest BCUT2D eigenvalue weighted by molar-refractivity contribution is 0.0566. The van der Waals surface area contributed by atoms with Gasteiger partial charge in [0, 0.05) is 23.9 Å². The van der Waals surface area contributed by atoms with Crippen LogP contribution in [0.3, 0.4) is 0 Å².